The number of hydrogen-bond donors (Lipinski definition) is 1. The maximum Gasteiger partial charge on any atom is 0.250 e. The highest BCUT2D eigenvalue weighted by atomic mass is 35.5. The molecule has 4 aromatic rings. The van der Waals surface area contributed by atoms with Gasteiger partial charge in [0, 0.05) is 16.8 Å². The minimum absolute atomic E-state index is 0.180. The predicted octanol–water partition coefficient (Wildman–Crippen LogP) is 5.65. The summed E-state index contributed by atoms with van der Waals surface area (Å²) in [5.74, 6) is 0.731. The number of thioether (sulfide) groups is 1. The van der Waals surface area contributed by atoms with Crippen LogP contribution in [0.2, 0.25) is 5.02 Å². The molecule has 4 rings (SSSR count). The number of methoxy groups -OCH3 is 1. The van der Waals surface area contributed by atoms with Crippen LogP contribution in [0.25, 0.3) is 17.1 Å². The first-order chi connectivity index (χ1) is 16.7. The fraction of sp³-hybridized carbons (Fsp3) is 0.115. The molecule has 0 saturated carbocycles. The first-order valence-electron chi connectivity index (χ1n) is 10.6. The number of rotatable bonds is 9. The van der Waals surface area contributed by atoms with Crippen LogP contribution in [0.5, 0.6) is 5.75 Å². The van der Waals surface area contributed by atoms with Crippen molar-refractivity contribution in [2.75, 3.05) is 12.9 Å². The molecular weight excluding hydrogens is 468 g/mol. The average Bonchev–Trinajstić information content (AvgIpc) is 3.21. The second kappa shape index (κ2) is 11.5. The van der Waals surface area contributed by atoms with Gasteiger partial charge >= 0.3 is 0 Å². The Balaban J connectivity index is 1.39. The quantitative estimate of drug-likeness (QED) is 0.187. The molecule has 0 aliphatic heterocycles. The highest BCUT2D eigenvalue weighted by Gasteiger charge is 2.14. The van der Waals surface area contributed by atoms with Gasteiger partial charge in [-0.15, -0.1) is 0 Å². The molecule has 0 unspecified atom stereocenters. The van der Waals surface area contributed by atoms with Crippen LogP contribution in [0.15, 0.2) is 89.1 Å². The normalized spacial score (nSPS) is 11.5. The zero-order valence-electron chi connectivity index (χ0n) is 18.5. The Labute approximate surface area is 207 Å². The van der Waals surface area contributed by atoms with Crippen molar-refractivity contribution in [3.63, 3.8) is 0 Å². The van der Waals surface area contributed by atoms with E-state index in [9.17, 15) is 4.79 Å². The first-order valence-corrected chi connectivity index (χ1v) is 11.9. The van der Waals surface area contributed by atoms with Gasteiger partial charge in [0.15, 0.2) is 5.16 Å². The van der Waals surface area contributed by atoms with Gasteiger partial charge in [-0.1, -0.05) is 71.9 Å². The summed E-state index contributed by atoms with van der Waals surface area (Å²) in [5, 5.41) is 5.43. The van der Waals surface area contributed by atoms with E-state index >= 15 is 0 Å². The molecule has 1 aromatic heterocycles. The number of amides is 1. The van der Waals surface area contributed by atoms with E-state index in [1.54, 1.807) is 13.2 Å². The molecule has 0 aliphatic rings. The Bertz CT molecular complexity index is 1350. The summed E-state index contributed by atoms with van der Waals surface area (Å²) in [5.41, 5.74) is 6.33. The molecule has 8 heteroatoms. The van der Waals surface area contributed by atoms with Crippen molar-refractivity contribution in [1.82, 2.24) is 15.0 Å². The lowest BCUT2D eigenvalue weighted by molar-refractivity contribution is -0.118. The van der Waals surface area contributed by atoms with E-state index in [4.69, 9.17) is 21.3 Å². The summed E-state index contributed by atoms with van der Waals surface area (Å²) in [6.07, 6.45) is 5.14. The van der Waals surface area contributed by atoms with Crippen molar-refractivity contribution in [3.8, 4) is 5.75 Å². The van der Waals surface area contributed by atoms with Crippen molar-refractivity contribution in [1.29, 1.82) is 0 Å². The Morgan fingerprint density at radius 2 is 1.88 bits per heavy atom. The lowest BCUT2D eigenvalue weighted by atomic mass is 10.2. The van der Waals surface area contributed by atoms with Gasteiger partial charge in [-0.05, 0) is 42.0 Å². The van der Waals surface area contributed by atoms with Gasteiger partial charge in [0.25, 0.3) is 5.91 Å². The van der Waals surface area contributed by atoms with Crippen molar-refractivity contribution in [3.05, 3.63) is 95.0 Å². The van der Waals surface area contributed by atoms with Gasteiger partial charge in [0.05, 0.1) is 30.4 Å². The van der Waals surface area contributed by atoms with Crippen LogP contribution in [0.1, 0.15) is 11.1 Å². The number of carbonyl (C=O) groups is 1. The minimum Gasteiger partial charge on any atom is -0.496 e. The van der Waals surface area contributed by atoms with Gasteiger partial charge in [-0.2, -0.15) is 5.10 Å². The summed E-state index contributed by atoms with van der Waals surface area (Å²) in [7, 11) is 1.63. The van der Waals surface area contributed by atoms with Crippen LogP contribution in [-0.2, 0) is 11.3 Å². The zero-order valence-corrected chi connectivity index (χ0v) is 20.1. The molecule has 0 bridgehead atoms. The topological polar surface area (TPSA) is 68.5 Å². The van der Waals surface area contributed by atoms with Crippen LogP contribution >= 0.6 is 23.4 Å². The molecule has 1 heterocycles. The number of nitrogens with one attached hydrogen (secondary N) is 1. The van der Waals surface area contributed by atoms with Gasteiger partial charge in [0.1, 0.15) is 5.75 Å². The summed E-state index contributed by atoms with van der Waals surface area (Å²) >= 11 is 7.74. The number of aromatic nitrogens is 2. The fourth-order valence-corrected chi connectivity index (χ4v) is 4.38. The van der Waals surface area contributed by atoms with Crippen molar-refractivity contribution < 1.29 is 9.53 Å². The minimum atomic E-state index is -0.219. The maximum atomic E-state index is 12.3. The number of imidazole rings is 1. The van der Waals surface area contributed by atoms with E-state index in [0.29, 0.717) is 11.6 Å². The molecule has 34 heavy (non-hydrogen) atoms. The molecule has 6 nitrogen and oxygen atoms in total. The van der Waals surface area contributed by atoms with E-state index in [1.807, 2.05) is 78.9 Å². The molecule has 0 fully saturated rings. The number of ether oxygens (including phenoxy) is 1. The summed E-state index contributed by atoms with van der Waals surface area (Å²) < 4.78 is 7.38. The number of nitrogens with zero attached hydrogens (tertiary/aromatic N) is 3. The molecule has 172 valence electrons. The molecule has 0 aliphatic carbocycles. The molecule has 0 saturated heterocycles. The number of carbonyl (C=O) groups excluding carboxylic acids is 1. The third-order valence-corrected chi connectivity index (χ3v) is 6.35. The molecule has 3 aromatic carbocycles. The summed E-state index contributed by atoms with van der Waals surface area (Å²) in [6.45, 7) is 0.566. The van der Waals surface area contributed by atoms with E-state index in [-0.39, 0.29) is 11.7 Å². The summed E-state index contributed by atoms with van der Waals surface area (Å²) in [4.78, 5) is 17.1. The van der Waals surface area contributed by atoms with Crippen molar-refractivity contribution >= 4 is 52.6 Å². The van der Waals surface area contributed by atoms with Crippen LogP contribution < -0.4 is 10.2 Å². The molecule has 1 amide bonds. The number of hydrazone groups is 1. The Morgan fingerprint density at radius 1 is 1.12 bits per heavy atom. The number of para-hydroxylation sites is 3. The van der Waals surface area contributed by atoms with Crippen LogP contribution in [0.3, 0.4) is 0 Å². The van der Waals surface area contributed by atoms with Crippen LogP contribution in [0.4, 0.5) is 0 Å². The first kappa shape index (κ1) is 23.6. The largest absolute Gasteiger partial charge is 0.496 e. The van der Waals surface area contributed by atoms with E-state index in [0.717, 1.165) is 33.1 Å². The standard InChI is InChI=1S/C26H23ClN4O2S/c1-33-24-15-7-3-9-19(24)11-8-16-28-30-25(32)18-34-26-29-22-13-5-6-14-23(22)31(26)17-20-10-2-4-12-21(20)27/h2-16H,17-18H2,1H3,(H,30,32)/b11-8+,28-16+. The lowest BCUT2D eigenvalue weighted by Gasteiger charge is -2.10. The highest BCUT2D eigenvalue weighted by molar-refractivity contribution is 7.99. The molecular formula is C26H23ClN4O2S. The van der Waals surface area contributed by atoms with Crippen molar-refractivity contribution in [2.45, 2.75) is 11.7 Å². The lowest BCUT2D eigenvalue weighted by Crippen LogP contribution is -2.19. The molecule has 0 atom stereocenters. The maximum absolute atomic E-state index is 12.3. The second-order valence-corrected chi connectivity index (χ2v) is 8.61. The highest BCUT2D eigenvalue weighted by Crippen LogP contribution is 2.27. The van der Waals surface area contributed by atoms with Gasteiger partial charge in [0.2, 0.25) is 0 Å². The zero-order chi connectivity index (χ0) is 23.8. The Hall–Kier alpha value is -3.55. The summed E-state index contributed by atoms with van der Waals surface area (Å²) in [6, 6.07) is 23.3. The van der Waals surface area contributed by atoms with Crippen LogP contribution in [0, 0.1) is 0 Å². The molecule has 1 N–H and O–H groups in total. The van der Waals surface area contributed by atoms with E-state index in [2.05, 4.69) is 15.1 Å². The monoisotopic (exact) mass is 490 g/mol. The van der Waals surface area contributed by atoms with Gasteiger partial charge in [-0.25, -0.2) is 10.4 Å². The van der Waals surface area contributed by atoms with Gasteiger partial charge < -0.3 is 9.30 Å². The average molecular weight is 491 g/mol. The third-order valence-electron chi connectivity index (χ3n) is 5.00. The van der Waals surface area contributed by atoms with Crippen molar-refractivity contribution in [2.24, 2.45) is 5.10 Å². The second-order valence-electron chi connectivity index (χ2n) is 7.26. The Morgan fingerprint density at radius 3 is 2.74 bits per heavy atom. The number of halogens is 1. The fourth-order valence-electron chi connectivity index (χ4n) is 3.38. The molecule has 0 radical (unpaired) electrons. The number of benzene rings is 3. The number of fused-ring (bicyclic) bond motifs is 1. The van der Waals surface area contributed by atoms with Gasteiger partial charge in [-0.3, -0.25) is 4.79 Å². The van der Waals surface area contributed by atoms with E-state index in [1.165, 1.54) is 18.0 Å². The smallest absolute Gasteiger partial charge is 0.250 e. The number of hydrogen-bond acceptors (Lipinski definition) is 5. The number of allylic oxidation sites excluding steroid dienone is 1. The Kier molecular flexibility index (Phi) is 8.01. The van der Waals surface area contributed by atoms with E-state index < -0.39 is 0 Å². The predicted molar refractivity (Wildman–Crippen MR) is 140 cm³/mol. The SMILES string of the molecule is COc1ccccc1/C=C/C=N/NC(=O)CSc1nc2ccccc2n1Cc1ccccc1Cl. The molecule has 0 spiro atoms. The van der Waals surface area contributed by atoms with Crippen LogP contribution in [-0.4, -0.2) is 34.5 Å². The third kappa shape index (κ3) is 5.87.